The number of amides is 1. The third kappa shape index (κ3) is 2.81. The van der Waals surface area contributed by atoms with Gasteiger partial charge in [-0.25, -0.2) is 0 Å². The summed E-state index contributed by atoms with van der Waals surface area (Å²) in [6, 6.07) is 7.87. The van der Waals surface area contributed by atoms with Gasteiger partial charge in [-0.05, 0) is 36.8 Å². The maximum absolute atomic E-state index is 13.2. The number of rotatable bonds is 4. The Kier molecular flexibility index (Phi) is 4.19. The molecule has 7 nitrogen and oxygen atoms in total. The SMILES string of the molecule is Cn1ncc(Cl)c1C[C@H]1c2ccccc2C(=O)N1C[C@H]1CCc2[nH]nnc2C1. The van der Waals surface area contributed by atoms with Gasteiger partial charge in [0, 0.05) is 25.6 Å². The zero-order valence-corrected chi connectivity index (χ0v) is 16.4. The molecular weight excluding hydrogens is 376 g/mol. The first kappa shape index (κ1) is 17.4. The first-order valence-corrected chi connectivity index (χ1v) is 9.94. The smallest absolute Gasteiger partial charge is 0.254 e. The van der Waals surface area contributed by atoms with Gasteiger partial charge in [-0.3, -0.25) is 14.6 Å². The lowest BCUT2D eigenvalue weighted by Crippen LogP contribution is -2.36. The van der Waals surface area contributed by atoms with Gasteiger partial charge in [0.05, 0.1) is 34.3 Å². The Morgan fingerprint density at radius 3 is 3.00 bits per heavy atom. The van der Waals surface area contributed by atoms with E-state index in [0.29, 0.717) is 23.9 Å². The van der Waals surface area contributed by atoms with Gasteiger partial charge in [-0.15, -0.1) is 5.10 Å². The molecule has 1 aliphatic carbocycles. The summed E-state index contributed by atoms with van der Waals surface area (Å²) in [5.74, 6) is 0.477. The highest BCUT2D eigenvalue weighted by molar-refractivity contribution is 6.31. The summed E-state index contributed by atoms with van der Waals surface area (Å²) in [5.41, 5.74) is 4.98. The molecule has 1 aromatic carbocycles. The number of H-pyrrole nitrogens is 1. The molecule has 0 fully saturated rings. The van der Waals surface area contributed by atoms with E-state index in [1.807, 2.05) is 30.1 Å². The highest BCUT2D eigenvalue weighted by Gasteiger charge is 2.39. The number of carbonyl (C=O) groups is 1. The van der Waals surface area contributed by atoms with Gasteiger partial charge in [-0.1, -0.05) is 35.0 Å². The minimum atomic E-state index is -0.0321. The van der Waals surface area contributed by atoms with Crippen LogP contribution in [0.25, 0.3) is 0 Å². The van der Waals surface area contributed by atoms with Crippen molar-refractivity contribution in [3.8, 4) is 0 Å². The predicted octanol–water partition coefficient (Wildman–Crippen LogP) is 2.74. The molecule has 0 saturated carbocycles. The number of carbonyl (C=O) groups excluding carboxylic acids is 1. The molecule has 0 unspecified atom stereocenters. The molecule has 1 N–H and O–H groups in total. The number of nitrogens with one attached hydrogen (secondary N) is 1. The van der Waals surface area contributed by atoms with E-state index in [2.05, 4.69) is 26.6 Å². The summed E-state index contributed by atoms with van der Waals surface area (Å²) < 4.78 is 1.80. The Bertz CT molecular complexity index is 1020. The van der Waals surface area contributed by atoms with Crippen molar-refractivity contribution in [3.05, 3.63) is 63.7 Å². The fourth-order valence-corrected chi connectivity index (χ4v) is 4.76. The Hall–Kier alpha value is -2.67. The van der Waals surface area contributed by atoms with Gasteiger partial charge in [0.1, 0.15) is 0 Å². The van der Waals surface area contributed by atoms with Gasteiger partial charge < -0.3 is 4.90 Å². The van der Waals surface area contributed by atoms with E-state index in [9.17, 15) is 4.79 Å². The molecular formula is C20H21ClN6O. The molecule has 2 aliphatic rings. The van der Waals surface area contributed by atoms with Crippen molar-refractivity contribution in [2.24, 2.45) is 13.0 Å². The fraction of sp³-hybridized carbons (Fsp3) is 0.400. The molecule has 2 aromatic heterocycles. The highest BCUT2D eigenvalue weighted by atomic mass is 35.5. The van der Waals surface area contributed by atoms with Crippen LogP contribution in [0.4, 0.5) is 0 Å². The van der Waals surface area contributed by atoms with E-state index >= 15 is 0 Å². The van der Waals surface area contributed by atoms with Crippen LogP contribution in [0.1, 0.15) is 45.5 Å². The lowest BCUT2D eigenvalue weighted by atomic mass is 9.89. The van der Waals surface area contributed by atoms with Crippen molar-refractivity contribution in [1.82, 2.24) is 30.1 Å². The summed E-state index contributed by atoms with van der Waals surface area (Å²) >= 11 is 6.36. The molecule has 0 saturated heterocycles. The number of fused-ring (bicyclic) bond motifs is 2. The van der Waals surface area contributed by atoms with Crippen molar-refractivity contribution in [2.45, 2.75) is 31.7 Å². The molecule has 0 spiro atoms. The number of nitrogens with zero attached hydrogens (tertiary/aromatic N) is 5. The summed E-state index contributed by atoms with van der Waals surface area (Å²) in [7, 11) is 1.89. The van der Waals surface area contributed by atoms with Crippen molar-refractivity contribution >= 4 is 17.5 Å². The number of aromatic nitrogens is 5. The summed E-state index contributed by atoms with van der Waals surface area (Å²) in [6.07, 6.45) is 5.12. The molecule has 2 atom stereocenters. The van der Waals surface area contributed by atoms with Gasteiger partial charge >= 0.3 is 0 Å². The zero-order chi connectivity index (χ0) is 19.3. The van der Waals surface area contributed by atoms with E-state index in [4.69, 9.17) is 11.6 Å². The van der Waals surface area contributed by atoms with Gasteiger partial charge in [0.15, 0.2) is 0 Å². The van der Waals surface area contributed by atoms with Crippen LogP contribution in [-0.4, -0.2) is 42.5 Å². The fourth-order valence-electron chi connectivity index (χ4n) is 4.52. The van der Waals surface area contributed by atoms with Gasteiger partial charge in [0.2, 0.25) is 0 Å². The van der Waals surface area contributed by atoms with Crippen molar-refractivity contribution < 1.29 is 4.79 Å². The molecule has 3 aromatic rings. The van der Waals surface area contributed by atoms with Crippen LogP contribution in [0.2, 0.25) is 5.02 Å². The summed E-state index contributed by atoms with van der Waals surface area (Å²) in [6.45, 7) is 0.708. The van der Waals surface area contributed by atoms with Gasteiger partial charge in [-0.2, -0.15) is 5.10 Å². The average molecular weight is 397 g/mol. The molecule has 0 radical (unpaired) electrons. The van der Waals surface area contributed by atoms with Gasteiger partial charge in [0.25, 0.3) is 5.91 Å². The standard InChI is InChI=1S/C20H21ClN6O/c1-26-19(15(21)10-22-26)9-18-13-4-2-3-5-14(13)20(28)27(18)11-12-6-7-16-17(8-12)24-25-23-16/h2-5,10,12,18H,6-9,11H2,1H3,(H,23,24,25)/t12-,18-/m0/s1. The summed E-state index contributed by atoms with van der Waals surface area (Å²) in [4.78, 5) is 15.2. The normalized spacial score (nSPS) is 21.1. The summed E-state index contributed by atoms with van der Waals surface area (Å²) in [5, 5.41) is 16.0. The van der Waals surface area contributed by atoms with E-state index in [-0.39, 0.29) is 11.9 Å². The number of aromatic amines is 1. The van der Waals surface area contributed by atoms with Crippen molar-refractivity contribution in [2.75, 3.05) is 6.54 Å². The third-order valence-corrected chi connectivity index (χ3v) is 6.34. The molecule has 3 heterocycles. The van der Waals surface area contributed by atoms with E-state index in [0.717, 1.165) is 47.5 Å². The second kappa shape index (κ2) is 6.74. The second-order valence-electron chi connectivity index (χ2n) is 7.67. The first-order valence-electron chi connectivity index (χ1n) is 9.57. The van der Waals surface area contributed by atoms with Crippen LogP contribution in [-0.2, 0) is 26.3 Å². The molecule has 1 aliphatic heterocycles. The zero-order valence-electron chi connectivity index (χ0n) is 15.6. The number of aryl methyl sites for hydroxylation is 2. The van der Waals surface area contributed by atoms with Crippen molar-refractivity contribution in [3.63, 3.8) is 0 Å². The lowest BCUT2D eigenvalue weighted by molar-refractivity contribution is 0.0681. The number of hydrogen-bond donors (Lipinski definition) is 1. The predicted molar refractivity (Wildman–Crippen MR) is 104 cm³/mol. The quantitative estimate of drug-likeness (QED) is 0.735. The molecule has 28 heavy (non-hydrogen) atoms. The third-order valence-electron chi connectivity index (χ3n) is 6.03. The van der Waals surface area contributed by atoms with Crippen LogP contribution in [0.15, 0.2) is 30.5 Å². The first-order chi connectivity index (χ1) is 13.6. The largest absolute Gasteiger partial charge is 0.331 e. The number of hydrogen-bond acceptors (Lipinski definition) is 4. The lowest BCUT2D eigenvalue weighted by Gasteiger charge is -2.31. The Morgan fingerprint density at radius 1 is 1.32 bits per heavy atom. The minimum Gasteiger partial charge on any atom is -0.331 e. The van der Waals surface area contributed by atoms with E-state index in [1.165, 1.54) is 0 Å². The van der Waals surface area contributed by atoms with Crippen LogP contribution in [0.5, 0.6) is 0 Å². The maximum Gasteiger partial charge on any atom is 0.254 e. The van der Waals surface area contributed by atoms with E-state index < -0.39 is 0 Å². The van der Waals surface area contributed by atoms with Crippen LogP contribution in [0.3, 0.4) is 0 Å². The Balaban J connectivity index is 1.44. The molecule has 5 rings (SSSR count). The van der Waals surface area contributed by atoms with Crippen LogP contribution in [0, 0.1) is 5.92 Å². The monoisotopic (exact) mass is 396 g/mol. The Labute approximate surface area is 167 Å². The number of halogens is 1. The minimum absolute atomic E-state index is 0.0321. The highest BCUT2D eigenvalue weighted by Crippen LogP contribution is 2.38. The van der Waals surface area contributed by atoms with Crippen LogP contribution >= 0.6 is 11.6 Å². The Morgan fingerprint density at radius 2 is 2.18 bits per heavy atom. The second-order valence-corrected chi connectivity index (χ2v) is 8.08. The van der Waals surface area contributed by atoms with Crippen LogP contribution < -0.4 is 0 Å². The molecule has 144 valence electrons. The van der Waals surface area contributed by atoms with Crippen molar-refractivity contribution in [1.29, 1.82) is 0 Å². The molecule has 1 amide bonds. The molecule has 0 bridgehead atoms. The topological polar surface area (TPSA) is 79.7 Å². The number of benzene rings is 1. The molecule has 8 heteroatoms. The maximum atomic E-state index is 13.2. The average Bonchev–Trinajstić information content (AvgIpc) is 3.37. The van der Waals surface area contributed by atoms with E-state index in [1.54, 1.807) is 10.9 Å².